The molecule has 7 nitrogen and oxygen atoms in total. The molecule has 0 radical (unpaired) electrons. The van der Waals surface area contributed by atoms with Crippen LogP contribution in [0, 0.1) is 10.1 Å². The minimum atomic E-state index is -2.82. The zero-order valence-electron chi connectivity index (χ0n) is 16.7. The number of non-ortho nitro benzene ring substituents is 1. The number of rotatable bonds is 12. The Morgan fingerprint density at radius 3 is 1.93 bits per heavy atom. The molecule has 0 fully saturated rings. The Balaban J connectivity index is 2.45. The van der Waals surface area contributed by atoms with Gasteiger partial charge in [-0.05, 0) is 0 Å². The Morgan fingerprint density at radius 2 is 1.48 bits per heavy atom. The predicted molar refractivity (Wildman–Crippen MR) is 110 cm³/mol. The molecule has 27 heavy (non-hydrogen) atoms. The van der Waals surface area contributed by atoms with Crippen LogP contribution in [0.1, 0.15) is 59.3 Å². The maximum atomic E-state index is 11.0. The first-order chi connectivity index (χ1) is 13.1. The van der Waals surface area contributed by atoms with Crippen molar-refractivity contribution >= 4 is 24.3 Å². The third-order valence-corrected chi connectivity index (χ3v) is 19.7. The fourth-order valence-electron chi connectivity index (χ4n) is 3.63. The quantitative estimate of drug-likeness (QED) is 0.229. The van der Waals surface area contributed by atoms with Gasteiger partial charge in [-0.1, -0.05) is 0 Å². The Labute approximate surface area is 165 Å². The van der Waals surface area contributed by atoms with Gasteiger partial charge in [-0.15, -0.1) is 0 Å². The number of nitrogens with zero attached hydrogens (tertiary/aromatic N) is 5. The Kier molecular flexibility index (Phi) is 8.66. The van der Waals surface area contributed by atoms with E-state index in [0.717, 1.165) is 11.4 Å². The molecule has 0 aliphatic rings. The molecule has 0 amide bonds. The number of nitro benzene ring substituents is 1. The summed E-state index contributed by atoms with van der Waals surface area (Å²) in [4.78, 5) is 10.6. The molecule has 148 valence electrons. The normalized spacial score (nSPS) is 11.7. The van der Waals surface area contributed by atoms with Crippen LogP contribution in [0.4, 0.5) is 5.69 Å². The van der Waals surface area contributed by atoms with Gasteiger partial charge in [0.2, 0.25) is 0 Å². The van der Waals surface area contributed by atoms with Gasteiger partial charge in [-0.2, -0.15) is 0 Å². The summed E-state index contributed by atoms with van der Waals surface area (Å²) in [6.45, 7) is 6.73. The number of tetrazole rings is 1. The van der Waals surface area contributed by atoms with Crippen molar-refractivity contribution in [3.05, 3.63) is 34.4 Å². The van der Waals surface area contributed by atoms with E-state index in [9.17, 15) is 10.1 Å². The van der Waals surface area contributed by atoms with Crippen LogP contribution in [-0.4, -0.2) is 42.0 Å². The fourth-order valence-corrected chi connectivity index (χ4v) is 18.7. The number of benzene rings is 1. The van der Waals surface area contributed by atoms with Crippen LogP contribution in [0.15, 0.2) is 24.3 Å². The molecule has 0 aliphatic heterocycles. The van der Waals surface area contributed by atoms with E-state index in [1.54, 1.807) is 12.1 Å². The number of aromatic nitrogens is 4. The number of hydrogen-bond acceptors (Lipinski definition) is 5. The van der Waals surface area contributed by atoms with Crippen molar-refractivity contribution in [2.45, 2.75) is 72.6 Å². The van der Waals surface area contributed by atoms with Gasteiger partial charge in [-0.3, -0.25) is 0 Å². The van der Waals surface area contributed by atoms with E-state index in [2.05, 4.69) is 39.2 Å². The first kappa shape index (κ1) is 21.8. The van der Waals surface area contributed by atoms with Crippen molar-refractivity contribution in [2.24, 2.45) is 0 Å². The van der Waals surface area contributed by atoms with Gasteiger partial charge in [0.15, 0.2) is 0 Å². The van der Waals surface area contributed by atoms with Crippen molar-refractivity contribution in [3.8, 4) is 11.4 Å². The summed E-state index contributed by atoms with van der Waals surface area (Å²) >= 11 is -2.82. The number of unbranched alkanes of at least 4 members (excludes halogenated alkanes) is 3. The standard InChI is InChI=1S/C7H4N5O2.3C4H9.Sn/c13-12(14)6-3-1-5(2-4-6)7-8-10-11-9-7;3*1-3-4-2;/h1-4H;3*1,3-4H2,2H3;/q-1;;;;+1. The molecule has 0 bridgehead atoms. The topological polar surface area (TPSA) is 86.7 Å². The molecular formula is C19H31N5O2Sn. The summed E-state index contributed by atoms with van der Waals surface area (Å²) in [5.74, 6) is 0.795. The summed E-state index contributed by atoms with van der Waals surface area (Å²) in [7, 11) is 0. The molecule has 1 aromatic carbocycles. The van der Waals surface area contributed by atoms with Crippen LogP contribution in [0.5, 0.6) is 0 Å². The van der Waals surface area contributed by atoms with E-state index in [4.69, 9.17) is 0 Å². The molecule has 1 heterocycles. The van der Waals surface area contributed by atoms with E-state index in [0.29, 0.717) is 0 Å². The van der Waals surface area contributed by atoms with E-state index in [1.807, 2.05) is 0 Å². The molecule has 0 spiro atoms. The Bertz CT molecular complexity index is 695. The molecule has 0 aliphatic carbocycles. The van der Waals surface area contributed by atoms with Crippen LogP contribution in [0.3, 0.4) is 0 Å². The molecule has 2 rings (SSSR count). The average molecular weight is 480 g/mol. The fraction of sp³-hybridized carbons (Fsp3) is 0.632. The summed E-state index contributed by atoms with van der Waals surface area (Å²) in [6, 6.07) is 6.62. The molecular weight excluding hydrogens is 449 g/mol. The monoisotopic (exact) mass is 481 g/mol. The first-order valence-corrected chi connectivity index (χ1v) is 17.4. The van der Waals surface area contributed by atoms with E-state index >= 15 is 0 Å². The summed E-state index contributed by atoms with van der Waals surface area (Å²) in [5.41, 5.74) is 0.965. The molecule has 0 saturated heterocycles. The van der Waals surface area contributed by atoms with E-state index in [-0.39, 0.29) is 10.6 Å². The van der Waals surface area contributed by atoms with Crippen molar-refractivity contribution in [2.75, 3.05) is 0 Å². The zero-order valence-corrected chi connectivity index (χ0v) is 19.6. The SMILES string of the molecule is CCC[CH2][Sn]([CH2]CCC)([CH2]CCC)[n]1nnnc1-c1ccc([N+](=O)[O-])cc1. The van der Waals surface area contributed by atoms with Crippen molar-refractivity contribution < 1.29 is 4.92 Å². The van der Waals surface area contributed by atoms with Crippen molar-refractivity contribution in [1.29, 1.82) is 0 Å². The molecule has 0 saturated carbocycles. The summed E-state index contributed by atoms with van der Waals surface area (Å²) in [5, 5.41) is 23.8. The van der Waals surface area contributed by atoms with Crippen LogP contribution < -0.4 is 0 Å². The summed E-state index contributed by atoms with van der Waals surface area (Å²) < 4.78 is 6.00. The average Bonchev–Trinajstić information content (AvgIpc) is 3.18. The second-order valence-electron chi connectivity index (χ2n) is 7.25. The van der Waals surface area contributed by atoms with Crippen LogP contribution >= 0.6 is 0 Å². The predicted octanol–water partition coefficient (Wildman–Crippen LogP) is 5.44. The van der Waals surface area contributed by atoms with E-state index in [1.165, 1.54) is 64.0 Å². The third-order valence-electron chi connectivity index (χ3n) is 5.24. The van der Waals surface area contributed by atoms with Gasteiger partial charge in [0.25, 0.3) is 0 Å². The minimum absolute atomic E-state index is 0.0931. The Hall–Kier alpha value is -1.51. The molecule has 0 N–H and O–H groups in total. The molecule has 8 heteroatoms. The third kappa shape index (κ3) is 5.49. The maximum absolute atomic E-state index is 11.0. The van der Waals surface area contributed by atoms with Gasteiger partial charge in [-0.25, -0.2) is 0 Å². The van der Waals surface area contributed by atoms with E-state index < -0.39 is 18.7 Å². The zero-order chi connectivity index (χ0) is 19.7. The number of hydrogen-bond donors (Lipinski definition) is 0. The van der Waals surface area contributed by atoms with Gasteiger partial charge >= 0.3 is 166 Å². The molecule has 1 aromatic heterocycles. The van der Waals surface area contributed by atoms with Crippen LogP contribution in [0.2, 0.25) is 13.3 Å². The first-order valence-electron chi connectivity index (χ1n) is 10.1. The molecule has 0 atom stereocenters. The second kappa shape index (κ2) is 10.7. The van der Waals surface area contributed by atoms with Crippen LogP contribution in [-0.2, 0) is 0 Å². The van der Waals surface area contributed by atoms with Gasteiger partial charge in [0.1, 0.15) is 0 Å². The summed E-state index contributed by atoms with van der Waals surface area (Å²) in [6.07, 6.45) is 7.24. The number of nitro groups is 1. The molecule has 2 aromatic rings. The molecule has 0 unspecified atom stereocenters. The van der Waals surface area contributed by atoms with Gasteiger partial charge in [0.05, 0.1) is 0 Å². The van der Waals surface area contributed by atoms with Gasteiger partial charge in [0, 0.05) is 0 Å². The van der Waals surface area contributed by atoms with Crippen molar-refractivity contribution in [3.63, 3.8) is 0 Å². The second-order valence-corrected chi connectivity index (χ2v) is 19.7. The van der Waals surface area contributed by atoms with Crippen molar-refractivity contribution in [1.82, 2.24) is 18.4 Å². The van der Waals surface area contributed by atoms with Gasteiger partial charge < -0.3 is 0 Å². The van der Waals surface area contributed by atoms with Crippen LogP contribution in [0.25, 0.3) is 11.4 Å². The Morgan fingerprint density at radius 1 is 0.963 bits per heavy atom.